The molecule has 0 aliphatic heterocycles. The molecule has 1 aliphatic carbocycles. The molecule has 1 amide bonds. The maximum atomic E-state index is 13.5. The van der Waals surface area contributed by atoms with Crippen LogP contribution in [0, 0.1) is 11.8 Å². The molecule has 1 fully saturated rings. The molecule has 3 aromatic heterocycles. The molecule has 0 radical (unpaired) electrons. The fourth-order valence-corrected chi connectivity index (χ4v) is 5.13. The molecule has 0 bridgehead atoms. The normalized spacial score (nSPS) is 17.9. The Morgan fingerprint density at radius 1 is 1.07 bits per heavy atom. The van der Waals surface area contributed by atoms with Crippen LogP contribution in [-0.4, -0.2) is 53.6 Å². The number of carbonyl (C=O) groups excluding carboxylic acids is 1. The highest BCUT2D eigenvalue weighted by molar-refractivity contribution is 6.01. The van der Waals surface area contributed by atoms with Crippen LogP contribution in [0.1, 0.15) is 49.9 Å². The van der Waals surface area contributed by atoms with E-state index in [0.29, 0.717) is 22.8 Å². The smallest absolute Gasteiger partial charge is 0.391 e. The second-order valence-corrected chi connectivity index (χ2v) is 10.2. The first-order chi connectivity index (χ1) is 18.9. The van der Waals surface area contributed by atoms with Gasteiger partial charge in [-0.15, -0.1) is 5.10 Å². The van der Waals surface area contributed by atoms with Crippen LogP contribution in [0.3, 0.4) is 0 Å². The first-order valence-electron chi connectivity index (χ1n) is 12.9. The lowest BCUT2D eigenvalue weighted by Crippen LogP contribution is -2.44. The zero-order valence-electron chi connectivity index (χ0n) is 21.8. The van der Waals surface area contributed by atoms with Crippen LogP contribution in [-0.2, 0) is 4.79 Å². The minimum atomic E-state index is -4.29. The molecule has 5 rings (SSSR count). The van der Waals surface area contributed by atoms with Gasteiger partial charge in [0, 0.05) is 36.0 Å². The van der Waals surface area contributed by atoms with Crippen molar-refractivity contribution >= 4 is 29.2 Å². The topological polar surface area (TPSA) is 132 Å². The van der Waals surface area contributed by atoms with Crippen molar-refractivity contribution in [1.82, 2.24) is 24.4 Å². The molecule has 0 atom stereocenters. The van der Waals surface area contributed by atoms with Crippen LogP contribution in [0.4, 0.5) is 24.8 Å². The molecule has 4 aromatic rings. The highest BCUT2D eigenvalue weighted by Gasteiger charge is 2.43. The summed E-state index contributed by atoms with van der Waals surface area (Å²) < 4.78 is 42.3. The van der Waals surface area contributed by atoms with E-state index in [-0.39, 0.29) is 37.1 Å². The monoisotopic (exact) mass is 555 g/mol. The van der Waals surface area contributed by atoms with Crippen molar-refractivity contribution in [3.05, 3.63) is 54.4 Å². The number of anilines is 2. The maximum absolute atomic E-state index is 13.5. The predicted molar refractivity (Wildman–Crippen MR) is 141 cm³/mol. The maximum Gasteiger partial charge on any atom is 0.391 e. The number of nitrogens with two attached hydrogens (primary N) is 1. The number of halogens is 3. The van der Waals surface area contributed by atoms with Gasteiger partial charge in [0.05, 0.1) is 17.3 Å². The van der Waals surface area contributed by atoms with Crippen molar-refractivity contribution in [3.63, 3.8) is 0 Å². The molecule has 0 spiro atoms. The Kier molecular flexibility index (Phi) is 6.98. The van der Waals surface area contributed by atoms with E-state index in [1.807, 2.05) is 0 Å². The van der Waals surface area contributed by atoms with Gasteiger partial charge in [-0.3, -0.25) is 9.69 Å². The minimum Gasteiger partial charge on any atom is -0.477 e. The molecule has 1 saturated carbocycles. The lowest BCUT2D eigenvalue weighted by Gasteiger charge is -2.34. The van der Waals surface area contributed by atoms with E-state index >= 15 is 0 Å². The number of fused-ring (bicyclic) bond motifs is 1. The summed E-state index contributed by atoms with van der Waals surface area (Å²) in [6, 6.07) is 10.0. The number of carboxylic acids is 1. The molecule has 10 nitrogen and oxygen atoms in total. The van der Waals surface area contributed by atoms with E-state index in [0.717, 1.165) is 5.56 Å². The van der Waals surface area contributed by atoms with E-state index in [2.05, 4.69) is 15.2 Å². The molecular weight excluding hydrogens is 527 g/mol. The SMILES string of the molecule is CC(C)N(c1nn(-c2ccc(-c3cc4nccc(N)n4n3)cc2)cc1C(=O)O)C(=O)[C@H]1CC[C@H](C(F)(F)F)CC1. The van der Waals surface area contributed by atoms with E-state index in [1.165, 1.54) is 20.3 Å². The van der Waals surface area contributed by atoms with Gasteiger partial charge in [-0.25, -0.2) is 14.5 Å². The number of rotatable bonds is 6. The molecule has 1 aliphatic rings. The number of benzene rings is 1. The number of nitrogen functional groups attached to an aromatic ring is 1. The highest BCUT2D eigenvalue weighted by atomic mass is 19.4. The number of carboxylic acid groups (broad SMARTS) is 1. The van der Waals surface area contributed by atoms with E-state index < -0.39 is 35.9 Å². The van der Waals surface area contributed by atoms with Gasteiger partial charge in [-0.1, -0.05) is 12.1 Å². The Morgan fingerprint density at radius 3 is 2.33 bits per heavy atom. The van der Waals surface area contributed by atoms with Crippen molar-refractivity contribution in [2.24, 2.45) is 11.8 Å². The summed E-state index contributed by atoms with van der Waals surface area (Å²) >= 11 is 0. The van der Waals surface area contributed by atoms with Crippen LogP contribution >= 0.6 is 0 Å². The first-order valence-corrected chi connectivity index (χ1v) is 12.9. The van der Waals surface area contributed by atoms with Gasteiger partial charge < -0.3 is 10.8 Å². The van der Waals surface area contributed by atoms with Crippen LogP contribution < -0.4 is 10.6 Å². The molecule has 210 valence electrons. The number of aromatic nitrogens is 5. The van der Waals surface area contributed by atoms with Gasteiger partial charge in [0.1, 0.15) is 11.4 Å². The van der Waals surface area contributed by atoms with Gasteiger partial charge in [-0.05, 0) is 57.7 Å². The number of aromatic carboxylic acids is 1. The van der Waals surface area contributed by atoms with Crippen molar-refractivity contribution in [3.8, 4) is 16.9 Å². The zero-order chi connectivity index (χ0) is 28.8. The number of amides is 1. The summed E-state index contributed by atoms with van der Waals surface area (Å²) in [6.45, 7) is 3.43. The third-order valence-corrected chi connectivity index (χ3v) is 7.26. The second-order valence-electron chi connectivity index (χ2n) is 10.2. The van der Waals surface area contributed by atoms with E-state index in [4.69, 9.17) is 5.73 Å². The Labute approximate surface area is 227 Å². The quantitative estimate of drug-likeness (QED) is 0.343. The summed E-state index contributed by atoms with van der Waals surface area (Å²) in [4.78, 5) is 31.2. The standard InChI is InChI=1S/C27H28F3N7O3/c1-15(2)36(25(38)17-3-7-18(8-4-17)27(28,29)30)24-20(26(39)40)14-35(34-24)19-9-5-16(6-10-19)21-13-23-32-12-11-22(31)37(23)33-21/h5-6,9-15,17-18H,3-4,7-8,31H2,1-2H3,(H,39,40)/t17-,18-. The van der Waals surface area contributed by atoms with Crippen LogP contribution in [0.25, 0.3) is 22.6 Å². The van der Waals surface area contributed by atoms with Crippen molar-refractivity contribution in [1.29, 1.82) is 0 Å². The number of alkyl halides is 3. The van der Waals surface area contributed by atoms with E-state index in [1.54, 1.807) is 56.4 Å². The molecule has 13 heteroatoms. The molecule has 3 N–H and O–H groups in total. The summed E-state index contributed by atoms with van der Waals surface area (Å²) in [7, 11) is 0. The molecule has 3 heterocycles. The number of hydrogen-bond acceptors (Lipinski definition) is 6. The van der Waals surface area contributed by atoms with Gasteiger partial charge in [0.15, 0.2) is 11.5 Å². The summed E-state index contributed by atoms with van der Waals surface area (Å²) in [6.07, 6.45) is -1.46. The average molecular weight is 556 g/mol. The minimum absolute atomic E-state index is 0.0450. The molecule has 40 heavy (non-hydrogen) atoms. The Hall–Kier alpha value is -4.42. The summed E-state index contributed by atoms with van der Waals surface area (Å²) in [5.74, 6) is -3.35. The summed E-state index contributed by atoms with van der Waals surface area (Å²) in [5.41, 5.74) is 8.31. The van der Waals surface area contributed by atoms with E-state index in [9.17, 15) is 27.9 Å². The fourth-order valence-electron chi connectivity index (χ4n) is 5.13. The third-order valence-electron chi connectivity index (χ3n) is 7.26. The van der Waals surface area contributed by atoms with Crippen molar-refractivity contribution in [2.45, 2.75) is 51.7 Å². The van der Waals surface area contributed by atoms with Crippen LogP contribution in [0.15, 0.2) is 48.8 Å². The van der Waals surface area contributed by atoms with Crippen molar-refractivity contribution < 1.29 is 27.9 Å². The number of nitrogens with zero attached hydrogens (tertiary/aromatic N) is 6. The predicted octanol–water partition coefficient (Wildman–Crippen LogP) is 4.97. The molecule has 0 saturated heterocycles. The van der Waals surface area contributed by atoms with Crippen LogP contribution in [0.2, 0.25) is 0 Å². The average Bonchev–Trinajstić information content (AvgIpc) is 3.54. The molecule has 0 unspecified atom stereocenters. The second kappa shape index (κ2) is 10.3. The highest BCUT2D eigenvalue weighted by Crippen LogP contribution is 2.40. The summed E-state index contributed by atoms with van der Waals surface area (Å²) in [5, 5.41) is 18.8. The Bertz CT molecular complexity index is 1550. The van der Waals surface area contributed by atoms with Crippen LogP contribution in [0.5, 0.6) is 0 Å². The van der Waals surface area contributed by atoms with Gasteiger partial charge in [0.25, 0.3) is 0 Å². The van der Waals surface area contributed by atoms with Gasteiger partial charge in [0.2, 0.25) is 5.91 Å². The number of carbonyl (C=O) groups is 2. The van der Waals surface area contributed by atoms with Gasteiger partial charge in [-0.2, -0.15) is 22.8 Å². The third kappa shape index (κ3) is 5.10. The molecule has 1 aromatic carbocycles. The lowest BCUT2D eigenvalue weighted by atomic mass is 9.81. The van der Waals surface area contributed by atoms with Gasteiger partial charge >= 0.3 is 12.1 Å². The largest absolute Gasteiger partial charge is 0.477 e. The zero-order valence-corrected chi connectivity index (χ0v) is 21.8. The Balaban J connectivity index is 1.42. The fraction of sp³-hybridized carbons (Fsp3) is 0.370. The Morgan fingerprint density at radius 2 is 1.75 bits per heavy atom. The lowest BCUT2D eigenvalue weighted by molar-refractivity contribution is -0.184. The van der Waals surface area contributed by atoms with Crippen molar-refractivity contribution in [2.75, 3.05) is 10.6 Å². The first kappa shape index (κ1) is 27.2. The molecular formula is C27H28F3N7O3. The number of hydrogen-bond donors (Lipinski definition) is 2.